The summed E-state index contributed by atoms with van der Waals surface area (Å²) >= 11 is 3.38. The Kier molecular flexibility index (Phi) is 5.23. The van der Waals surface area contributed by atoms with Crippen LogP contribution < -0.4 is 4.90 Å². The van der Waals surface area contributed by atoms with Gasteiger partial charge in [0.25, 0.3) is 5.91 Å². The van der Waals surface area contributed by atoms with Gasteiger partial charge in [0.05, 0.1) is 12.6 Å². The number of carbonyl (C=O) groups is 3. The zero-order valence-corrected chi connectivity index (χ0v) is 16.0. The van der Waals surface area contributed by atoms with Gasteiger partial charge < -0.3 is 4.74 Å². The molecule has 6 heteroatoms. The number of amides is 1. The van der Waals surface area contributed by atoms with E-state index in [1.807, 2.05) is 31.2 Å². The van der Waals surface area contributed by atoms with E-state index in [-0.39, 0.29) is 6.61 Å². The SMILES string of the molecule is CCOC(=O)[C@H]1C(=O)C(=O)N(c2ccc(C)cc2)[C@H]1c1ccc(Br)cc1. The van der Waals surface area contributed by atoms with E-state index in [1.54, 1.807) is 31.2 Å². The molecule has 134 valence electrons. The molecule has 1 aliphatic heterocycles. The van der Waals surface area contributed by atoms with Gasteiger partial charge in [-0.05, 0) is 43.7 Å². The Bertz CT molecular complexity index is 845. The number of Topliss-reactive ketones (excluding diaryl/α,β-unsaturated/α-hetero) is 1. The van der Waals surface area contributed by atoms with Crippen molar-refractivity contribution in [1.29, 1.82) is 0 Å². The van der Waals surface area contributed by atoms with Crippen LogP contribution in [0.2, 0.25) is 0 Å². The van der Waals surface area contributed by atoms with Crippen molar-refractivity contribution in [2.75, 3.05) is 11.5 Å². The fraction of sp³-hybridized carbons (Fsp3) is 0.250. The summed E-state index contributed by atoms with van der Waals surface area (Å²) in [7, 11) is 0. The third kappa shape index (κ3) is 3.29. The number of ketones is 1. The summed E-state index contributed by atoms with van der Waals surface area (Å²) in [6.45, 7) is 3.76. The van der Waals surface area contributed by atoms with Gasteiger partial charge in [-0.3, -0.25) is 19.3 Å². The number of ether oxygens (including phenoxy) is 1. The van der Waals surface area contributed by atoms with Crippen LogP contribution >= 0.6 is 15.9 Å². The zero-order valence-electron chi connectivity index (χ0n) is 14.4. The summed E-state index contributed by atoms with van der Waals surface area (Å²) < 4.78 is 5.94. The highest BCUT2D eigenvalue weighted by Gasteiger charge is 2.53. The van der Waals surface area contributed by atoms with E-state index >= 15 is 0 Å². The van der Waals surface area contributed by atoms with E-state index in [1.165, 1.54) is 4.90 Å². The monoisotopic (exact) mass is 415 g/mol. The van der Waals surface area contributed by atoms with Crippen molar-refractivity contribution in [3.63, 3.8) is 0 Å². The summed E-state index contributed by atoms with van der Waals surface area (Å²) in [5.74, 6) is -3.28. The minimum Gasteiger partial charge on any atom is -0.465 e. The minimum atomic E-state index is -1.18. The van der Waals surface area contributed by atoms with Gasteiger partial charge in [0.15, 0.2) is 0 Å². The third-order valence-corrected chi connectivity index (χ3v) is 4.90. The first-order valence-corrected chi connectivity index (χ1v) is 9.09. The lowest BCUT2D eigenvalue weighted by Crippen LogP contribution is -2.31. The number of halogens is 1. The average molecular weight is 416 g/mol. The molecule has 0 bridgehead atoms. The van der Waals surface area contributed by atoms with Gasteiger partial charge in [0.1, 0.15) is 5.92 Å². The molecule has 0 N–H and O–H groups in total. The normalized spacial score (nSPS) is 19.7. The fourth-order valence-corrected chi connectivity index (χ4v) is 3.39. The molecule has 26 heavy (non-hydrogen) atoms. The van der Waals surface area contributed by atoms with Crippen LogP contribution in [0.4, 0.5) is 5.69 Å². The highest BCUT2D eigenvalue weighted by molar-refractivity contribution is 9.10. The van der Waals surface area contributed by atoms with E-state index in [9.17, 15) is 14.4 Å². The number of hydrogen-bond acceptors (Lipinski definition) is 4. The van der Waals surface area contributed by atoms with Crippen molar-refractivity contribution in [1.82, 2.24) is 0 Å². The Morgan fingerprint density at radius 2 is 1.69 bits per heavy atom. The molecule has 0 saturated carbocycles. The van der Waals surface area contributed by atoms with Crippen LogP contribution in [0.1, 0.15) is 24.1 Å². The quantitative estimate of drug-likeness (QED) is 0.434. The number of hydrogen-bond donors (Lipinski definition) is 0. The maximum atomic E-state index is 12.7. The molecular formula is C20H18BrNO4. The van der Waals surface area contributed by atoms with Crippen LogP contribution in [0.3, 0.4) is 0 Å². The number of esters is 1. The van der Waals surface area contributed by atoms with E-state index in [0.717, 1.165) is 10.0 Å². The maximum Gasteiger partial charge on any atom is 0.319 e. The van der Waals surface area contributed by atoms with Crippen LogP contribution in [-0.2, 0) is 19.1 Å². The lowest BCUT2D eigenvalue weighted by molar-refractivity contribution is -0.152. The number of rotatable bonds is 4. The van der Waals surface area contributed by atoms with Crippen molar-refractivity contribution < 1.29 is 19.1 Å². The zero-order chi connectivity index (χ0) is 18.8. The molecule has 1 saturated heterocycles. The molecular weight excluding hydrogens is 398 g/mol. The summed E-state index contributed by atoms with van der Waals surface area (Å²) in [4.78, 5) is 39.2. The molecule has 0 aromatic heterocycles. The second-order valence-electron chi connectivity index (χ2n) is 6.10. The van der Waals surface area contributed by atoms with E-state index in [2.05, 4.69) is 15.9 Å². The van der Waals surface area contributed by atoms with Gasteiger partial charge in [0, 0.05) is 10.2 Å². The predicted octanol–water partition coefficient (Wildman–Crippen LogP) is 3.59. The van der Waals surface area contributed by atoms with Crippen LogP contribution in [0.5, 0.6) is 0 Å². The number of benzene rings is 2. The Morgan fingerprint density at radius 1 is 1.08 bits per heavy atom. The second-order valence-corrected chi connectivity index (χ2v) is 7.02. The first-order valence-electron chi connectivity index (χ1n) is 8.30. The van der Waals surface area contributed by atoms with Crippen LogP contribution in [0.15, 0.2) is 53.0 Å². The molecule has 0 spiro atoms. The van der Waals surface area contributed by atoms with Crippen molar-refractivity contribution in [2.45, 2.75) is 19.9 Å². The van der Waals surface area contributed by atoms with Gasteiger partial charge in [-0.25, -0.2) is 0 Å². The molecule has 2 aromatic rings. The lowest BCUT2D eigenvalue weighted by atomic mass is 9.92. The van der Waals surface area contributed by atoms with Gasteiger partial charge in [0.2, 0.25) is 5.78 Å². The molecule has 5 nitrogen and oxygen atoms in total. The number of nitrogens with zero attached hydrogens (tertiary/aromatic N) is 1. The minimum absolute atomic E-state index is 0.147. The molecule has 1 fully saturated rings. The number of aryl methyl sites for hydroxylation is 1. The summed E-state index contributed by atoms with van der Waals surface area (Å²) in [6, 6.07) is 13.8. The van der Waals surface area contributed by atoms with Gasteiger partial charge in [-0.2, -0.15) is 0 Å². The Labute approximate surface area is 160 Å². The molecule has 0 aliphatic carbocycles. The van der Waals surface area contributed by atoms with Crippen molar-refractivity contribution in [2.24, 2.45) is 5.92 Å². The average Bonchev–Trinajstić information content (AvgIpc) is 2.88. The molecule has 1 heterocycles. The van der Waals surface area contributed by atoms with Crippen LogP contribution in [0, 0.1) is 12.8 Å². The standard InChI is InChI=1S/C20H18BrNO4/c1-3-26-20(25)16-17(13-6-8-14(21)9-7-13)22(19(24)18(16)23)15-10-4-12(2)5-11-15/h4-11,16-17H,3H2,1-2H3/t16-,17+/m1/s1. The molecule has 2 atom stereocenters. The van der Waals surface area contributed by atoms with E-state index in [4.69, 9.17) is 4.74 Å². The van der Waals surface area contributed by atoms with Gasteiger partial charge in [-0.15, -0.1) is 0 Å². The molecule has 0 radical (unpaired) electrons. The van der Waals surface area contributed by atoms with Crippen molar-refractivity contribution in [3.8, 4) is 0 Å². The number of anilines is 1. The van der Waals surface area contributed by atoms with E-state index < -0.39 is 29.6 Å². The molecule has 1 amide bonds. The smallest absolute Gasteiger partial charge is 0.319 e. The fourth-order valence-electron chi connectivity index (χ4n) is 3.12. The highest BCUT2D eigenvalue weighted by atomic mass is 79.9. The largest absolute Gasteiger partial charge is 0.465 e. The maximum absolute atomic E-state index is 12.7. The van der Waals surface area contributed by atoms with E-state index in [0.29, 0.717) is 11.3 Å². The van der Waals surface area contributed by atoms with Gasteiger partial charge in [-0.1, -0.05) is 45.8 Å². The first-order chi connectivity index (χ1) is 12.4. The highest BCUT2D eigenvalue weighted by Crippen LogP contribution is 2.40. The Balaban J connectivity index is 2.12. The molecule has 2 aromatic carbocycles. The summed E-state index contributed by atoms with van der Waals surface area (Å²) in [5.41, 5.74) is 2.31. The Morgan fingerprint density at radius 3 is 2.27 bits per heavy atom. The number of carbonyl (C=O) groups excluding carboxylic acids is 3. The van der Waals surface area contributed by atoms with Gasteiger partial charge >= 0.3 is 5.97 Å². The second kappa shape index (κ2) is 7.41. The lowest BCUT2D eigenvalue weighted by Gasteiger charge is -2.27. The summed E-state index contributed by atoms with van der Waals surface area (Å²) in [6.07, 6.45) is 0. The molecule has 3 rings (SSSR count). The van der Waals surface area contributed by atoms with Crippen molar-refractivity contribution >= 4 is 39.3 Å². The first kappa shape index (κ1) is 18.3. The van der Waals surface area contributed by atoms with Crippen molar-refractivity contribution in [3.05, 3.63) is 64.1 Å². The summed E-state index contributed by atoms with van der Waals surface area (Å²) in [5, 5.41) is 0. The molecule has 1 aliphatic rings. The van der Waals surface area contributed by atoms with Crippen LogP contribution in [0.25, 0.3) is 0 Å². The van der Waals surface area contributed by atoms with Crippen LogP contribution in [-0.4, -0.2) is 24.3 Å². The molecule has 0 unspecified atom stereocenters. The third-order valence-electron chi connectivity index (χ3n) is 4.37. The topological polar surface area (TPSA) is 63.7 Å². The predicted molar refractivity (Wildman–Crippen MR) is 101 cm³/mol. The Hall–Kier alpha value is -2.47.